The van der Waals surface area contributed by atoms with Crippen LogP contribution in [0.2, 0.25) is 0 Å². The molecule has 1 aliphatic carbocycles. The third-order valence-corrected chi connectivity index (χ3v) is 6.11. The smallest absolute Gasteiger partial charge is 0.407 e. The first-order chi connectivity index (χ1) is 16.2. The Kier molecular flexibility index (Phi) is 8.31. The fraction of sp³-hybridized carbons (Fsp3) is 0.444. The molecule has 0 unspecified atom stereocenters. The third-order valence-electron chi connectivity index (χ3n) is 6.11. The number of unbranched alkanes of at least 4 members (excludes halogenated alkanes) is 2. The lowest BCUT2D eigenvalue weighted by Gasteiger charge is -2.27. The molecule has 182 valence electrons. The predicted molar refractivity (Wildman–Crippen MR) is 131 cm³/mol. The Labute approximate surface area is 200 Å². The lowest BCUT2D eigenvalue weighted by atomic mass is 9.86. The number of carboxylic acids is 1. The molecule has 0 bridgehead atoms. The molecule has 7 nitrogen and oxygen atoms in total. The molecular weight excluding hydrogens is 432 g/mol. The number of benzene rings is 2. The number of hydrogen-bond acceptors (Lipinski definition) is 4. The van der Waals surface area contributed by atoms with E-state index in [2.05, 4.69) is 34.9 Å². The molecule has 7 heteroatoms. The minimum Gasteiger partial charge on any atom is -0.480 e. The topological polar surface area (TPSA) is 105 Å². The number of rotatable bonds is 10. The standard InChI is InChI=1S/C27H34N2O5/c1-27(2,3)24(25(31)32)29-23(30)15-5-4-10-16-28-26(33)34-17-22-20-13-8-6-11-18(20)19-12-7-9-14-21(19)22/h6-9,11-14,22,24H,4-5,10,15-17H2,1-3H3,(H,28,33)(H,29,30)(H,31,32)/t24-/m1/s1. The molecule has 0 saturated heterocycles. The van der Waals surface area contributed by atoms with Gasteiger partial charge in [0.25, 0.3) is 0 Å². The maximum absolute atomic E-state index is 12.2. The van der Waals surface area contributed by atoms with Gasteiger partial charge in [-0.15, -0.1) is 0 Å². The molecule has 3 N–H and O–H groups in total. The monoisotopic (exact) mass is 466 g/mol. The van der Waals surface area contributed by atoms with Gasteiger partial charge >= 0.3 is 12.1 Å². The normalized spacial score (nSPS) is 13.5. The van der Waals surface area contributed by atoms with Crippen LogP contribution in [0.4, 0.5) is 4.79 Å². The van der Waals surface area contributed by atoms with Crippen molar-refractivity contribution in [3.05, 3.63) is 59.7 Å². The summed E-state index contributed by atoms with van der Waals surface area (Å²) in [5.74, 6) is -1.28. The maximum Gasteiger partial charge on any atom is 0.407 e. The number of aliphatic carboxylic acids is 1. The van der Waals surface area contributed by atoms with E-state index >= 15 is 0 Å². The van der Waals surface area contributed by atoms with E-state index in [0.717, 1.165) is 6.42 Å². The lowest BCUT2D eigenvalue weighted by Crippen LogP contribution is -2.49. The van der Waals surface area contributed by atoms with Crippen LogP contribution < -0.4 is 10.6 Å². The van der Waals surface area contributed by atoms with Crippen molar-refractivity contribution < 1.29 is 24.2 Å². The van der Waals surface area contributed by atoms with Gasteiger partial charge < -0.3 is 20.5 Å². The van der Waals surface area contributed by atoms with Crippen LogP contribution in [0, 0.1) is 5.41 Å². The highest BCUT2D eigenvalue weighted by Gasteiger charge is 2.32. The number of amides is 2. The highest BCUT2D eigenvalue weighted by molar-refractivity contribution is 5.84. The molecular formula is C27H34N2O5. The SMILES string of the molecule is CC(C)(C)[C@H](NC(=O)CCCCCNC(=O)OCC1c2ccccc2-c2ccccc21)C(=O)O. The molecule has 0 fully saturated rings. The van der Waals surface area contributed by atoms with Gasteiger partial charge in [-0.25, -0.2) is 9.59 Å². The first-order valence-electron chi connectivity index (χ1n) is 11.8. The Morgan fingerprint density at radius 1 is 0.941 bits per heavy atom. The lowest BCUT2D eigenvalue weighted by molar-refractivity contribution is -0.145. The number of nitrogens with one attached hydrogen (secondary N) is 2. The van der Waals surface area contributed by atoms with Crippen LogP contribution in [0.15, 0.2) is 48.5 Å². The molecule has 0 spiro atoms. The van der Waals surface area contributed by atoms with E-state index in [1.807, 2.05) is 24.3 Å². The molecule has 1 aliphatic rings. The Bertz CT molecular complexity index is 982. The summed E-state index contributed by atoms with van der Waals surface area (Å²) in [5.41, 5.74) is 4.16. The number of carbonyl (C=O) groups excluding carboxylic acids is 2. The summed E-state index contributed by atoms with van der Waals surface area (Å²) in [7, 11) is 0. The Balaban J connectivity index is 1.35. The first kappa shape index (κ1) is 25.3. The second-order valence-electron chi connectivity index (χ2n) is 9.77. The van der Waals surface area contributed by atoms with Crippen LogP contribution >= 0.6 is 0 Å². The summed E-state index contributed by atoms with van der Waals surface area (Å²) in [4.78, 5) is 35.6. The summed E-state index contributed by atoms with van der Waals surface area (Å²) in [5, 5.41) is 14.7. The average Bonchev–Trinajstić information content (AvgIpc) is 3.11. The zero-order chi connectivity index (χ0) is 24.7. The van der Waals surface area contributed by atoms with Crippen LogP contribution in [-0.2, 0) is 14.3 Å². The highest BCUT2D eigenvalue weighted by atomic mass is 16.5. The van der Waals surface area contributed by atoms with Crippen molar-refractivity contribution in [2.24, 2.45) is 5.41 Å². The summed E-state index contributed by atoms with van der Waals surface area (Å²) < 4.78 is 5.51. The number of carboxylic acid groups (broad SMARTS) is 1. The number of hydrogen-bond donors (Lipinski definition) is 3. The molecule has 2 aromatic rings. The van der Waals surface area contributed by atoms with Gasteiger partial charge in [0.05, 0.1) is 0 Å². The van der Waals surface area contributed by atoms with Crippen molar-refractivity contribution in [3.63, 3.8) is 0 Å². The van der Waals surface area contributed by atoms with Gasteiger partial charge in [0.2, 0.25) is 5.91 Å². The van der Waals surface area contributed by atoms with Gasteiger partial charge in [0.15, 0.2) is 0 Å². The van der Waals surface area contributed by atoms with Crippen molar-refractivity contribution in [2.45, 2.75) is 58.4 Å². The van der Waals surface area contributed by atoms with Gasteiger partial charge in [0, 0.05) is 18.9 Å². The molecule has 2 amide bonds. The minimum absolute atomic E-state index is 0.0272. The Hall–Kier alpha value is -3.35. The van der Waals surface area contributed by atoms with Crippen molar-refractivity contribution in [2.75, 3.05) is 13.2 Å². The van der Waals surface area contributed by atoms with Gasteiger partial charge in [-0.1, -0.05) is 75.7 Å². The molecule has 1 atom stereocenters. The predicted octanol–water partition coefficient (Wildman–Crippen LogP) is 4.70. The van der Waals surface area contributed by atoms with Crippen molar-refractivity contribution >= 4 is 18.0 Å². The zero-order valence-electron chi connectivity index (χ0n) is 20.1. The first-order valence-corrected chi connectivity index (χ1v) is 11.8. The van der Waals surface area contributed by atoms with Crippen molar-refractivity contribution in [1.82, 2.24) is 10.6 Å². The quantitative estimate of drug-likeness (QED) is 0.440. The fourth-order valence-electron chi connectivity index (χ4n) is 4.31. The van der Waals surface area contributed by atoms with Gasteiger partial charge in [-0.2, -0.15) is 0 Å². The van der Waals surface area contributed by atoms with E-state index < -0.39 is 23.5 Å². The summed E-state index contributed by atoms with van der Waals surface area (Å²) in [6.45, 7) is 6.07. The molecule has 0 radical (unpaired) electrons. The molecule has 3 rings (SSSR count). The minimum atomic E-state index is -1.03. The molecule has 2 aromatic carbocycles. The molecule has 0 aromatic heterocycles. The summed E-state index contributed by atoms with van der Waals surface area (Å²) >= 11 is 0. The van der Waals surface area contributed by atoms with Crippen LogP contribution in [0.1, 0.15) is 63.5 Å². The van der Waals surface area contributed by atoms with E-state index in [4.69, 9.17) is 4.74 Å². The Morgan fingerprint density at radius 3 is 2.09 bits per heavy atom. The van der Waals surface area contributed by atoms with Gasteiger partial charge in [-0.05, 0) is 40.5 Å². The zero-order valence-corrected chi connectivity index (χ0v) is 20.1. The Morgan fingerprint density at radius 2 is 1.53 bits per heavy atom. The third kappa shape index (κ3) is 6.37. The van der Waals surface area contributed by atoms with Crippen molar-refractivity contribution in [1.29, 1.82) is 0 Å². The van der Waals surface area contributed by atoms with Crippen LogP contribution in [-0.4, -0.2) is 42.3 Å². The number of fused-ring (bicyclic) bond motifs is 3. The second kappa shape index (κ2) is 11.2. The number of carbonyl (C=O) groups is 3. The average molecular weight is 467 g/mol. The molecule has 0 aliphatic heterocycles. The number of alkyl carbamates (subject to hydrolysis) is 1. The van der Waals surface area contributed by atoms with E-state index in [1.54, 1.807) is 20.8 Å². The number of ether oxygens (including phenoxy) is 1. The molecule has 0 saturated carbocycles. The van der Waals surface area contributed by atoms with Gasteiger partial charge in [-0.3, -0.25) is 4.79 Å². The fourth-order valence-corrected chi connectivity index (χ4v) is 4.31. The van der Waals surface area contributed by atoms with Crippen molar-refractivity contribution in [3.8, 4) is 11.1 Å². The van der Waals surface area contributed by atoms with Crippen LogP contribution in [0.3, 0.4) is 0 Å². The van der Waals surface area contributed by atoms with E-state index in [9.17, 15) is 19.5 Å². The van der Waals surface area contributed by atoms with E-state index in [0.29, 0.717) is 19.4 Å². The van der Waals surface area contributed by atoms with Crippen LogP contribution in [0.25, 0.3) is 11.1 Å². The van der Waals surface area contributed by atoms with Gasteiger partial charge in [0.1, 0.15) is 12.6 Å². The maximum atomic E-state index is 12.2. The van der Waals surface area contributed by atoms with Crippen LogP contribution in [0.5, 0.6) is 0 Å². The largest absolute Gasteiger partial charge is 0.480 e. The van der Waals surface area contributed by atoms with E-state index in [-0.39, 0.29) is 24.9 Å². The molecule has 0 heterocycles. The second-order valence-corrected chi connectivity index (χ2v) is 9.77. The molecule has 34 heavy (non-hydrogen) atoms. The van der Waals surface area contributed by atoms with E-state index in [1.165, 1.54) is 22.3 Å². The summed E-state index contributed by atoms with van der Waals surface area (Å²) in [6.07, 6.45) is 1.87. The summed E-state index contributed by atoms with van der Waals surface area (Å²) in [6, 6.07) is 15.5. The highest BCUT2D eigenvalue weighted by Crippen LogP contribution is 2.44.